The van der Waals surface area contributed by atoms with Crippen LogP contribution in [0.15, 0.2) is 46.0 Å². The number of nitrogens with one attached hydrogen (secondary N) is 2. The van der Waals surface area contributed by atoms with E-state index in [0.717, 1.165) is 48.0 Å². The molecule has 2 N–H and O–H groups in total. The summed E-state index contributed by atoms with van der Waals surface area (Å²) in [6.07, 6.45) is 17.6. The molecule has 2 heterocycles. The van der Waals surface area contributed by atoms with Crippen LogP contribution >= 0.6 is 23.2 Å². The second-order valence-electron chi connectivity index (χ2n) is 10.7. The molecule has 2 aromatic heterocycles. The predicted octanol–water partition coefficient (Wildman–Crippen LogP) is 9.47. The molecule has 6 nitrogen and oxygen atoms in total. The first kappa shape index (κ1) is 32.1. The normalized spacial score (nSPS) is 11.3. The van der Waals surface area contributed by atoms with Crippen molar-refractivity contribution in [1.29, 1.82) is 0 Å². The van der Waals surface area contributed by atoms with Crippen molar-refractivity contribution < 1.29 is 0 Å². The number of aryl methyl sites for hydroxylation is 2. The van der Waals surface area contributed by atoms with Crippen LogP contribution in [0.2, 0.25) is 10.0 Å². The molecule has 0 aliphatic rings. The first-order valence-electron chi connectivity index (χ1n) is 15.2. The first-order valence-corrected chi connectivity index (χ1v) is 16.0. The van der Waals surface area contributed by atoms with E-state index in [2.05, 4.69) is 23.8 Å². The molecule has 40 heavy (non-hydrogen) atoms. The number of aromatic amines is 2. The van der Waals surface area contributed by atoms with Crippen molar-refractivity contribution in [3.63, 3.8) is 0 Å². The van der Waals surface area contributed by atoms with E-state index in [1.807, 2.05) is 33.4 Å². The number of fused-ring (bicyclic) bond motifs is 2. The van der Waals surface area contributed by atoms with Crippen molar-refractivity contribution in [2.45, 2.75) is 117 Å². The van der Waals surface area contributed by atoms with Gasteiger partial charge >= 0.3 is 11.4 Å². The van der Waals surface area contributed by atoms with Gasteiger partial charge in [0.05, 0.1) is 22.1 Å². The number of hydrogen-bond donors (Lipinski definition) is 2. The maximum Gasteiger partial charge on any atom is 0.326 e. The molecule has 0 unspecified atom stereocenters. The van der Waals surface area contributed by atoms with Crippen LogP contribution in [0.5, 0.6) is 0 Å². The highest BCUT2D eigenvalue weighted by molar-refractivity contribution is 6.31. The fourth-order valence-corrected chi connectivity index (χ4v) is 5.51. The Morgan fingerprint density at radius 3 is 1.27 bits per heavy atom. The van der Waals surface area contributed by atoms with Crippen LogP contribution in [-0.4, -0.2) is 19.1 Å². The smallest absolute Gasteiger partial charge is 0.305 e. The number of aromatic nitrogens is 4. The van der Waals surface area contributed by atoms with Crippen molar-refractivity contribution in [1.82, 2.24) is 19.1 Å². The summed E-state index contributed by atoms with van der Waals surface area (Å²) in [7, 11) is 0. The molecule has 2 aromatic carbocycles. The van der Waals surface area contributed by atoms with Crippen LogP contribution in [-0.2, 0) is 13.1 Å². The Kier molecular flexibility index (Phi) is 13.9. The van der Waals surface area contributed by atoms with Crippen molar-refractivity contribution in [3.8, 4) is 0 Å². The second kappa shape index (κ2) is 17.4. The third-order valence-corrected chi connectivity index (χ3v) is 7.91. The topological polar surface area (TPSA) is 75.6 Å². The summed E-state index contributed by atoms with van der Waals surface area (Å²) < 4.78 is 3.63. The first-order chi connectivity index (χ1) is 19.4. The van der Waals surface area contributed by atoms with Crippen molar-refractivity contribution >= 4 is 45.3 Å². The van der Waals surface area contributed by atoms with E-state index in [0.29, 0.717) is 10.0 Å². The third-order valence-electron chi connectivity index (χ3n) is 7.44. The summed E-state index contributed by atoms with van der Waals surface area (Å²) in [5.41, 5.74) is 3.48. The fourth-order valence-electron chi connectivity index (χ4n) is 5.17. The molecule has 0 saturated carbocycles. The molecule has 0 radical (unpaired) electrons. The fraction of sp³-hybridized carbons (Fsp3) is 0.562. The Balaban J connectivity index is 0.000000220. The molecule has 0 fully saturated rings. The van der Waals surface area contributed by atoms with Crippen LogP contribution in [0, 0.1) is 0 Å². The average molecular weight is 590 g/mol. The lowest BCUT2D eigenvalue weighted by Gasteiger charge is -2.04. The lowest BCUT2D eigenvalue weighted by Crippen LogP contribution is -2.16. The van der Waals surface area contributed by atoms with Crippen molar-refractivity contribution in [2.24, 2.45) is 0 Å². The van der Waals surface area contributed by atoms with Gasteiger partial charge in [0.2, 0.25) is 0 Å². The predicted molar refractivity (Wildman–Crippen MR) is 171 cm³/mol. The van der Waals surface area contributed by atoms with Gasteiger partial charge in [-0.25, -0.2) is 9.59 Å². The Labute approximate surface area is 248 Å². The van der Waals surface area contributed by atoms with E-state index in [4.69, 9.17) is 23.2 Å². The number of rotatable bonds is 16. The van der Waals surface area contributed by atoms with E-state index in [1.165, 1.54) is 77.0 Å². The Morgan fingerprint density at radius 2 is 0.900 bits per heavy atom. The minimum Gasteiger partial charge on any atom is -0.305 e. The largest absolute Gasteiger partial charge is 0.326 e. The Morgan fingerprint density at radius 1 is 0.550 bits per heavy atom. The van der Waals surface area contributed by atoms with E-state index in [1.54, 1.807) is 12.1 Å². The molecule has 0 aliphatic heterocycles. The molecule has 0 bridgehead atoms. The summed E-state index contributed by atoms with van der Waals surface area (Å²) in [6, 6.07) is 11.1. The molecule has 8 heteroatoms. The lowest BCUT2D eigenvalue weighted by atomic mass is 10.1. The van der Waals surface area contributed by atoms with Crippen LogP contribution in [0.1, 0.15) is 104 Å². The summed E-state index contributed by atoms with van der Waals surface area (Å²) in [4.78, 5) is 29.6. The quantitative estimate of drug-likeness (QED) is 0.128. The minimum absolute atomic E-state index is 0.0340. The highest BCUT2D eigenvalue weighted by Gasteiger charge is 2.07. The standard InChI is InChI=1S/2C16H23ClN2O/c2*1-2-3-4-5-6-7-8-11-19-15-10-9-13(17)12-14(15)18-16(19)20/h2*9-10,12H,2-8,11H2,1H3,(H,18,20). The number of imidazole rings is 2. The zero-order chi connectivity index (χ0) is 28.7. The van der Waals surface area contributed by atoms with Gasteiger partial charge < -0.3 is 9.97 Å². The molecule has 0 atom stereocenters. The van der Waals surface area contributed by atoms with E-state index < -0.39 is 0 Å². The molecule has 0 aliphatic carbocycles. The van der Waals surface area contributed by atoms with E-state index in [-0.39, 0.29) is 11.4 Å². The number of halogens is 2. The Bertz CT molecular complexity index is 1310. The molecule has 4 aromatic rings. The zero-order valence-electron chi connectivity index (χ0n) is 24.2. The molecule has 0 saturated heterocycles. The highest BCUT2D eigenvalue weighted by atomic mass is 35.5. The van der Waals surface area contributed by atoms with Crippen LogP contribution in [0.4, 0.5) is 0 Å². The summed E-state index contributed by atoms with van der Waals surface area (Å²) >= 11 is 11.9. The van der Waals surface area contributed by atoms with Gasteiger partial charge in [0.1, 0.15) is 0 Å². The SMILES string of the molecule is CCCCCCCCCn1c(=O)[nH]c2cc(Cl)ccc21.CCCCCCCCCn1c(=O)[nH]c2cc(Cl)ccc21. The second-order valence-corrected chi connectivity index (χ2v) is 11.6. The molecular weight excluding hydrogens is 543 g/mol. The highest BCUT2D eigenvalue weighted by Crippen LogP contribution is 2.18. The summed E-state index contributed by atoms with van der Waals surface area (Å²) in [6.45, 7) is 6.04. The van der Waals surface area contributed by atoms with Gasteiger partial charge in [-0.15, -0.1) is 0 Å². The molecular formula is C32H46Cl2N4O2. The number of benzene rings is 2. The van der Waals surface area contributed by atoms with Gasteiger partial charge in [-0.2, -0.15) is 0 Å². The van der Waals surface area contributed by atoms with Gasteiger partial charge in [0, 0.05) is 23.1 Å². The molecule has 220 valence electrons. The van der Waals surface area contributed by atoms with Gasteiger partial charge in [0.15, 0.2) is 0 Å². The molecule has 0 amide bonds. The number of H-pyrrole nitrogens is 2. The van der Waals surface area contributed by atoms with E-state index >= 15 is 0 Å². The Hall–Kier alpha value is -2.44. The molecule has 4 rings (SSSR count). The summed E-state index contributed by atoms with van der Waals surface area (Å²) in [5, 5.41) is 1.31. The zero-order valence-corrected chi connectivity index (χ0v) is 25.8. The number of nitrogens with zero attached hydrogens (tertiary/aromatic N) is 2. The van der Waals surface area contributed by atoms with Gasteiger partial charge in [0.25, 0.3) is 0 Å². The minimum atomic E-state index is -0.0340. The van der Waals surface area contributed by atoms with Gasteiger partial charge in [-0.1, -0.05) is 114 Å². The van der Waals surface area contributed by atoms with Crippen LogP contribution in [0.25, 0.3) is 22.1 Å². The number of unbranched alkanes of at least 4 members (excludes halogenated alkanes) is 12. The average Bonchev–Trinajstić information content (AvgIpc) is 3.41. The lowest BCUT2D eigenvalue weighted by molar-refractivity contribution is 0.549. The summed E-state index contributed by atoms with van der Waals surface area (Å²) in [5.74, 6) is 0. The maximum absolute atomic E-state index is 11.9. The molecule has 0 spiro atoms. The van der Waals surface area contributed by atoms with Crippen LogP contribution in [0.3, 0.4) is 0 Å². The van der Waals surface area contributed by atoms with Crippen LogP contribution < -0.4 is 11.4 Å². The number of hydrogen-bond acceptors (Lipinski definition) is 2. The third kappa shape index (κ3) is 9.88. The van der Waals surface area contributed by atoms with Crippen molar-refractivity contribution in [3.05, 3.63) is 67.4 Å². The van der Waals surface area contributed by atoms with Crippen molar-refractivity contribution in [2.75, 3.05) is 0 Å². The monoisotopic (exact) mass is 588 g/mol. The maximum atomic E-state index is 11.9. The van der Waals surface area contributed by atoms with Gasteiger partial charge in [-0.3, -0.25) is 9.13 Å². The van der Waals surface area contributed by atoms with E-state index in [9.17, 15) is 9.59 Å². The van der Waals surface area contributed by atoms with Gasteiger partial charge in [-0.05, 0) is 49.2 Å².